The minimum Gasteiger partial charge on any atom is -0.488 e. The van der Waals surface area contributed by atoms with E-state index < -0.39 is 17.7 Å². The van der Waals surface area contributed by atoms with Crippen LogP contribution in [0.5, 0.6) is 11.6 Å². The Balaban J connectivity index is 0.00000221. The maximum atomic E-state index is 14.3. The minimum atomic E-state index is -0.710. The Kier molecular flexibility index (Phi) is 11.4. The molecule has 2 atom stereocenters. The van der Waals surface area contributed by atoms with Gasteiger partial charge in [0.15, 0.2) is 0 Å². The molecule has 0 bridgehead atoms. The molecule has 6 rings (SSSR count). The first-order chi connectivity index (χ1) is 20.3. The highest BCUT2D eigenvalue weighted by Gasteiger charge is 2.26. The predicted octanol–water partition coefficient (Wildman–Crippen LogP) is 5.87. The lowest BCUT2D eigenvalue weighted by Crippen LogP contribution is -2.48. The van der Waals surface area contributed by atoms with Crippen LogP contribution in [0.3, 0.4) is 0 Å². The second kappa shape index (κ2) is 14.8. The molecular weight excluding hydrogens is 617 g/mol. The number of carbonyl (C=O) groups excluding carboxylic acids is 1. The number of fused-ring (bicyclic) bond motifs is 2. The zero-order valence-electron chi connectivity index (χ0n) is 24.4. The molecule has 2 aromatic heterocycles. The third-order valence-electron chi connectivity index (χ3n) is 8.44. The molecule has 4 heterocycles. The van der Waals surface area contributed by atoms with E-state index in [0.717, 1.165) is 70.7 Å². The van der Waals surface area contributed by atoms with Gasteiger partial charge in [-0.05, 0) is 37.3 Å². The van der Waals surface area contributed by atoms with Gasteiger partial charge >= 0.3 is 6.09 Å². The van der Waals surface area contributed by atoms with Crippen LogP contribution in [0.15, 0.2) is 47.1 Å². The first-order valence-corrected chi connectivity index (χ1v) is 14.5. The molecule has 1 amide bonds. The van der Waals surface area contributed by atoms with Crippen molar-refractivity contribution in [3.63, 3.8) is 0 Å². The van der Waals surface area contributed by atoms with E-state index >= 15 is 0 Å². The van der Waals surface area contributed by atoms with Gasteiger partial charge in [0.25, 0.3) is 0 Å². The van der Waals surface area contributed by atoms with Crippen molar-refractivity contribution >= 4 is 52.8 Å². The molecule has 0 spiro atoms. The highest BCUT2D eigenvalue weighted by Crippen LogP contribution is 2.32. The number of ether oxygens (including phenoxy) is 2. The number of benzene rings is 2. The first-order valence-electron chi connectivity index (χ1n) is 14.5. The number of nitrogens with zero attached hydrogens (tertiary/aromatic N) is 2. The van der Waals surface area contributed by atoms with Gasteiger partial charge in [-0.15, -0.1) is 24.8 Å². The average Bonchev–Trinajstić information content (AvgIpc) is 3.57. The van der Waals surface area contributed by atoms with Crippen molar-refractivity contribution in [2.24, 2.45) is 5.92 Å². The number of aromatic amines is 1. The molecule has 13 heteroatoms. The summed E-state index contributed by atoms with van der Waals surface area (Å²) >= 11 is 0. The zero-order chi connectivity index (χ0) is 29.2. The Morgan fingerprint density at radius 1 is 1.09 bits per heavy atom. The number of aromatic nitrogens is 1. The van der Waals surface area contributed by atoms with Gasteiger partial charge in [0.05, 0.1) is 23.3 Å². The van der Waals surface area contributed by atoms with Crippen LogP contribution in [0.2, 0.25) is 0 Å². The van der Waals surface area contributed by atoms with Crippen molar-refractivity contribution in [3.8, 4) is 11.6 Å². The molecule has 0 saturated carbocycles. The van der Waals surface area contributed by atoms with Crippen LogP contribution < -0.4 is 14.8 Å². The molecule has 2 fully saturated rings. The summed E-state index contributed by atoms with van der Waals surface area (Å²) in [6.07, 6.45) is 3.20. The van der Waals surface area contributed by atoms with Gasteiger partial charge < -0.3 is 39.1 Å². The van der Waals surface area contributed by atoms with Gasteiger partial charge in [-0.1, -0.05) is 13.0 Å². The number of likely N-dealkylation sites (tertiary alicyclic amines) is 2. The van der Waals surface area contributed by atoms with Crippen molar-refractivity contribution in [2.45, 2.75) is 44.9 Å². The fourth-order valence-corrected chi connectivity index (χ4v) is 5.99. The Labute approximate surface area is 266 Å². The van der Waals surface area contributed by atoms with Crippen LogP contribution in [0.4, 0.5) is 13.6 Å². The Morgan fingerprint density at radius 3 is 2.61 bits per heavy atom. The summed E-state index contributed by atoms with van der Waals surface area (Å²) in [5, 5.41) is 13.8. The lowest BCUT2D eigenvalue weighted by Gasteiger charge is -2.37. The Bertz CT molecular complexity index is 1560. The molecule has 2 aliphatic rings. The third-order valence-corrected chi connectivity index (χ3v) is 8.44. The van der Waals surface area contributed by atoms with Crippen molar-refractivity contribution in [1.29, 1.82) is 0 Å². The number of hydrogen-bond acceptors (Lipinski definition) is 7. The number of furan rings is 1. The number of carbonyl (C=O) groups is 1. The number of aliphatic hydroxyl groups is 1. The Hall–Kier alpha value is -3.09. The lowest BCUT2D eigenvalue weighted by molar-refractivity contribution is 0.0302. The summed E-state index contributed by atoms with van der Waals surface area (Å²) in [6, 6.07) is 9.09. The maximum absolute atomic E-state index is 14.3. The predicted molar refractivity (Wildman–Crippen MR) is 168 cm³/mol. The fourth-order valence-electron chi connectivity index (χ4n) is 5.99. The summed E-state index contributed by atoms with van der Waals surface area (Å²) in [5.74, 6) is -0.302. The average molecular weight is 656 g/mol. The number of hydrogen-bond donors (Lipinski definition) is 3. The van der Waals surface area contributed by atoms with Crippen molar-refractivity contribution in [1.82, 2.24) is 20.1 Å². The number of amides is 1. The van der Waals surface area contributed by atoms with E-state index in [4.69, 9.17) is 13.9 Å². The molecule has 2 aliphatic heterocycles. The molecule has 0 aliphatic carbocycles. The molecule has 4 aromatic rings. The summed E-state index contributed by atoms with van der Waals surface area (Å²) < 4.78 is 44.7. The molecule has 0 radical (unpaired) electrons. The second-order valence-corrected chi connectivity index (χ2v) is 11.4. The molecule has 9 nitrogen and oxygen atoms in total. The van der Waals surface area contributed by atoms with Gasteiger partial charge in [-0.25, -0.2) is 13.6 Å². The number of piperidine rings is 2. The van der Waals surface area contributed by atoms with E-state index in [9.17, 15) is 18.7 Å². The van der Waals surface area contributed by atoms with Crippen molar-refractivity contribution in [3.05, 3.63) is 59.9 Å². The SMILES string of the molecule is C[C@H]1CN(CCN2CCC(NC(=O)Oc3cc4c(OCc5coc6cc(F)cc(F)c56)cccc4[nH]3)CC2)CC[C@@H]1O.Cl.Cl. The van der Waals surface area contributed by atoms with Crippen molar-refractivity contribution < 1.29 is 32.6 Å². The molecule has 240 valence electrons. The topological polar surface area (TPSA) is 103 Å². The van der Waals surface area contributed by atoms with E-state index in [-0.39, 0.29) is 60.4 Å². The van der Waals surface area contributed by atoms with E-state index in [1.54, 1.807) is 18.2 Å². The number of nitrogens with one attached hydrogen (secondary N) is 2. The quantitative estimate of drug-likeness (QED) is 0.218. The van der Waals surface area contributed by atoms with Crippen LogP contribution in [-0.2, 0) is 6.61 Å². The second-order valence-electron chi connectivity index (χ2n) is 11.4. The zero-order valence-corrected chi connectivity index (χ0v) is 26.0. The standard InChI is InChI=1S/C31H36F2N4O5.2ClH/c1-19-16-37(10-7-26(19)38)12-11-36-8-5-22(6-9-36)34-31(39)42-29-15-23-25(35-29)3-2-4-27(23)40-17-20-18-41-28-14-21(32)13-24(33)30(20)28;;/h2-4,13-15,18-19,22,26,35,38H,5-12,16-17H2,1H3,(H,34,39);2*1H/t19-,26-;;/m0../s1. The summed E-state index contributed by atoms with van der Waals surface area (Å²) in [4.78, 5) is 20.6. The highest BCUT2D eigenvalue weighted by atomic mass is 35.5. The van der Waals surface area contributed by atoms with Crippen molar-refractivity contribution in [2.75, 3.05) is 39.3 Å². The molecule has 3 N–H and O–H groups in total. The van der Waals surface area contributed by atoms with Crippen LogP contribution in [0, 0.1) is 17.6 Å². The van der Waals surface area contributed by atoms with Gasteiger partial charge in [-0.2, -0.15) is 0 Å². The smallest absolute Gasteiger partial charge is 0.414 e. The van der Waals surface area contributed by atoms with Crippen LogP contribution >= 0.6 is 24.8 Å². The molecular formula is C31H38Cl2F2N4O5. The highest BCUT2D eigenvalue weighted by molar-refractivity contribution is 5.88. The number of rotatable bonds is 8. The summed E-state index contributed by atoms with van der Waals surface area (Å²) in [7, 11) is 0. The van der Waals surface area contributed by atoms with E-state index in [1.807, 2.05) is 6.07 Å². The number of halogens is 4. The molecule has 2 saturated heterocycles. The van der Waals surface area contributed by atoms with Gasteiger partial charge in [0, 0.05) is 74.5 Å². The van der Waals surface area contributed by atoms with E-state index in [1.165, 1.54) is 6.26 Å². The Morgan fingerprint density at radius 2 is 1.84 bits per heavy atom. The van der Waals surface area contributed by atoms with Gasteiger partial charge in [-0.3, -0.25) is 0 Å². The lowest BCUT2D eigenvalue weighted by atomic mass is 9.97. The summed E-state index contributed by atoms with van der Waals surface area (Å²) in [5.41, 5.74) is 1.29. The van der Waals surface area contributed by atoms with Crippen LogP contribution in [-0.4, -0.2) is 77.4 Å². The molecule has 44 heavy (non-hydrogen) atoms. The first kappa shape index (κ1) is 33.8. The summed E-state index contributed by atoms with van der Waals surface area (Å²) in [6.45, 7) is 7.81. The fraction of sp³-hybridized carbons (Fsp3) is 0.452. The third kappa shape index (κ3) is 7.76. The van der Waals surface area contributed by atoms with Crippen LogP contribution in [0.1, 0.15) is 31.7 Å². The van der Waals surface area contributed by atoms with E-state index in [2.05, 4.69) is 27.0 Å². The van der Waals surface area contributed by atoms with E-state index in [0.29, 0.717) is 28.1 Å². The normalized spacial score (nSPS) is 19.8. The maximum Gasteiger partial charge on any atom is 0.414 e. The van der Waals surface area contributed by atoms with Crippen LogP contribution in [0.25, 0.3) is 21.9 Å². The minimum absolute atomic E-state index is 0. The monoisotopic (exact) mass is 654 g/mol. The van der Waals surface area contributed by atoms with Gasteiger partial charge in [0.1, 0.15) is 29.6 Å². The number of H-pyrrole nitrogens is 1. The largest absolute Gasteiger partial charge is 0.488 e. The molecule has 2 aromatic carbocycles. The van der Waals surface area contributed by atoms with Gasteiger partial charge in [0.2, 0.25) is 5.88 Å². The number of aliphatic hydroxyl groups excluding tert-OH is 1. The molecule has 0 unspecified atom stereocenters.